The number of halogens is 3. The van der Waals surface area contributed by atoms with Crippen LogP contribution in [-0.4, -0.2) is 34.3 Å². The summed E-state index contributed by atoms with van der Waals surface area (Å²) in [6, 6.07) is 15.2. The first-order chi connectivity index (χ1) is 16.3. The lowest BCUT2D eigenvalue weighted by Gasteiger charge is -2.21. The molecule has 7 nitrogen and oxygen atoms in total. The van der Waals surface area contributed by atoms with Crippen molar-refractivity contribution in [3.8, 4) is 11.1 Å². The van der Waals surface area contributed by atoms with E-state index in [-0.39, 0.29) is 11.0 Å². The fourth-order valence-electron chi connectivity index (χ4n) is 3.79. The van der Waals surface area contributed by atoms with Crippen molar-refractivity contribution in [3.05, 3.63) is 66.5 Å². The number of alkyl halides is 3. The van der Waals surface area contributed by atoms with Gasteiger partial charge in [0.2, 0.25) is 0 Å². The van der Waals surface area contributed by atoms with Crippen LogP contribution in [0.3, 0.4) is 0 Å². The number of nitrogens with zero attached hydrogens (tertiary/aromatic N) is 3. The van der Waals surface area contributed by atoms with Gasteiger partial charge in [-0.2, -0.15) is 18.3 Å². The standard InChI is InChI=1S/C24H23F3N6O/c1-3-33(4-2)18-7-5-6-17(14-18)30-23(34)29-16-10-8-15(9-11-16)19-12-13-28-22-20(19)21(31-32-22)24(25,26)27/h5-14H,3-4H2,1-2H3,(H,28,31,32)(H2,29,30,34). The Morgan fingerprint density at radius 1 is 1.00 bits per heavy atom. The number of urea groups is 1. The Hall–Kier alpha value is -4.08. The molecule has 4 rings (SSSR count). The monoisotopic (exact) mass is 468 g/mol. The lowest BCUT2D eigenvalue weighted by Crippen LogP contribution is -2.22. The Kier molecular flexibility index (Phi) is 6.40. The van der Waals surface area contributed by atoms with Gasteiger partial charge in [0.05, 0.1) is 5.39 Å². The van der Waals surface area contributed by atoms with Crippen LogP contribution in [0.1, 0.15) is 19.5 Å². The van der Waals surface area contributed by atoms with Crippen molar-refractivity contribution in [1.29, 1.82) is 0 Å². The molecule has 0 atom stereocenters. The van der Waals surface area contributed by atoms with Crippen molar-refractivity contribution in [2.45, 2.75) is 20.0 Å². The molecule has 0 aliphatic carbocycles. The number of hydrogen-bond donors (Lipinski definition) is 3. The highest BCUT2D eigenvalue weighted by atomic mass is 19.4. The molecule has 34 heavy (non-hydrogen) atoms. The summed E-state index contributed by atoms with van der Waals surface area (Å²) in [5.74, 6) is 0. The summed E-state index contributed by atoms with van der Waals surface area (Å²) in [5.41, 5.74) is 2.07. The first kappa shape index (κ1) is 23.1. The van der Waals surface area contributed by atoms with Crippen molar-refractivity contribution in [3.63, 3.8) is 0 Å². The highest BCUT2D eigenvalue weighted by molar-refractivity contribution is 6.00. The van der Waals surface area contributed by atoms with E-state index in [2.05, 4.69) is 39.5 Å². The predicted molar refractivity (Wildman–Crippen MR) is 127 cm³/mol. The largest absolute Gasteiger partial charge is 0.433 e. The maximum atomic E-state index is 13.4. The highest BCUT2D eigenvalue weighted by Gasteiger charge is 2.36. The fourth-order valence-corrected chi connectivity index (χ4v) is 3.79. The molecule has 4 aromatic rings. The van der Waals surface area contributed by atoms with Gasteiger partial charge in [-0.25, -0.2) is 9.78 Å². The van der Waals surface area contributed by atoms with E-state index in [1.54, 1.807) is 30.3 Å². The van der Waals surface area contributed by atoms with Crippen LogP contribution < -0.4 is 15.5 Å². The number of carbonyl (C=O) groups is 1. The van der Waals surface area contributed by atoms with Crippen LogP contribution in [0.4, 0.5) is 35.0 Å². The zero-order valence-corrected chi connectivity index (χ0v) is 18.6. The number of hydrogen-bond acceptors (Lipinski definition) is 4. The molecular weight excluding hydrogens is 445 g/mol. The van der Waals surface area contributed by atoms with Crippen molar-refractivity contribution in [2.75, 3.05) is 28.6 Å². The SMILES string of the molecule is CCN(CC)c1cccc(NC(=O)Nc2ccc(-c3ccnc4n[nH]c(C(F)(F)F)c34)cc2)c1. The van der Waals surface area contributed by atoms with Gasteiger partial charge in [0, 0.05) is 36.3 Å². The molecule has 10 heteroatoms. The number of benzene rings is 2. The molecule has 0 spiro atoms. The topological polar surface area (TPSA) is 85.9 Å². The van der Waals surface area contributed by atoms with Crippen molar-refractivity contribution < 1.29 is 18.0 Å². The average Bonchev–Trinajstić information content (AvgIpc) is 3.26. The van der Waals surface area contributed by atoms with Crippen molar-refractivity contribution in [1.82, 2.24) is 15.2 Å². The summed E-state index contributed by atoms with van der Waals surface area (Å²) in [6.45, 7) is 5.83. The van der Waals surface area contributed by atoms with Gasteiger partial charge in [0.25, 0.3) is 0 Å². The average molecular weight is 468 g/mol. The van der Waals surface area contributed by atoms with Gasteiger partial charge in [-0.15, -0.1) is 0 Å². The second kappa shape index (κ2) is 9.42. The second-order valence-corrected chi connectivity index (χ2v) is 7.53. The number of aromatic amines is 1. The number of anilines is 3. The number of rotatable bonds is 6. The lowest BCUT2D eigenvalue weighted by atomic mass is 10.0. The van der Waals surface area contributed by atoms with Gasteiger partial charge in [0.15, 0.2) is 5.65 Å². The van der Waals surface area contributed by atoms with Gasteiger partial charge in [-0.3, -0.25) is 5.10 Å². The Morgan fingerprint density at radius 2 is 1.71 bits per heavy atom. The number of amides is 2. The smallest absolute Gasteiger partial charge is 0.372 e. The minimum Gasteiger partial charge on any atom is -0.372 e. The van der Waals surface area contributed by atoms with Gasteiger partial charge < -0.3 is 15.5 Å². The van der Waals surface area contributed by atoms with E-state index in [9.17, 15) is 18.0 Å². The Bertz CT molecular complexity index is 1300. The molecule has 0 unspecified atom stereocenters. The molecule has 0 aliphatic heterocycles. The minimum atomic E-state index is -4.59. The zero-order chi connectivity index (χ0) is 24.3. The van der Waals surface area contributed by atoms with Crippen LogP contribution >= 0.6 is 0 Å². The second-order valence-electron chi connectivity index (χ2n) is 7.53. The van der Waals surface area contributed by atoms with Gasteiger partial charge in [-0.1, -0.05) is 18.2 Å². The van der Waals surface area contributed by atoms with E-state index >= 15 is 0 Å². The van der Waals surface area contributed by atoms with Gasteiger partial charge >= 0.3 is 12.2 Å². The van der Waals surface area contributed by atoms with Crippen LogP contribution in [0, 0.1) is 0 Å². The molecule has 0 saturated heterocycles. The van der Waals surface area contributed by atoms with Gasteiger partial charge in [-0.05, 0) is 61.4 Å². The summed E-state index contributed by atoms with van der Waals surface area (Å²) in [4.78, 5) is 18.6. The third kappa shape index (κ3) is 4.80. The number of fused-ring (bicyclic) bond motifs is 1. The summed E-state index contributed by atoms with van der Waals surface area (Å²) in [7, 11) is 0. The predicted octanol–water partition coefficient (Wildman–Crippen LogP) is 6.13. The summed E-state index contributed by atoms with van der Waals surface area (Å²) in [5, 5.41) is 11.2. The molecule has 3 N–H and O–H groups in total. The third-order valence-corrected chi connectivity index (χ3v) is 5.42. The van der Waals surface area contributed by atoms with Crippen LogP contribution in [0.2, 0.25) is 0 Å². The van der Waals surface area contributed by atoms with Crippen molar-refractivity contribution >= 4 is 34.1 Å². The Labute approximate surface area is 194 Å². The molecule has 2 heterocycles. The maximum Gasteiger partial charge on any atom is 0.433 e. The summed E-state index contributed by atoms with van der Waals surface area (Å²) >= 11 is 0. The highest BCUT2D eigenvalue weighted by Crippen LogP contribution is 2.37. The van der Waals surface area contributed by atoms with E-state index in [4.69, 9.17) is 0 Å². The van der Waals surface area contributed by atoms with Crippen molar-refractivity contribution in [2.24, 2.45) is 0 Å². The molecule has 176 valence electrons. The lowest BCUT2D eigenvalue weighted by molar-refractivity contribution is -0.139. The molecule has 2 aromatic heterocycles. The first-order valence-corrected chi connectivity index (χ1v) is 10.7. The van der Waals surface area contributed by atoms with E-state index in [1.165, 1.54) is 12.3 Å². The molecule has 0 aliphatic rings. The molecule has 2 aromatic carbocycles. The van der Waals surface area contributed by atoms with E-state index in [0.717, 1.165) is 18.8 Å². The van der Waals surface area contributed by atoms with Crippen LogP contribution in [0.15, 0.2) is 60.8 Å². The number of carbonyl (C=O) groups excluding carboxylic acids is 1. The quantitative estimate of drug-likeness (QED) is 0.318. The molecular formula is C24H23F3N6O. The Balaban J connectivity index is 1.51. The number of pyridine rings is 1. The molecule has 0 fully saturated rings. The summed E-state index contributed by atoms with van der Waals surface area (Å²) < 4.78 is 40.2. The van der Waals surface area contributed by atoms with Crippen LogP contribution in [0.25, 0.3) is 22.2 Å². The van der Waals surface area contributed by atoms with E-state index < -0.39 is 17.9 Å². The normalized spacial score (nSPS) is 11.4. The van der Waals surface area contributed by atoms with E-state index in [1.807, 2.05) is 23.3 Å². The third-order valence-electron chi connectivity index (χ3n) is 5.42. The Morgan fingerprint density at radius 3 is 2.38 bits per heavy atom. The maximum absolute atomic E-state index is 13.4. The number of aromatic nitrogens is 3. The first-order valence-electron chi connectivity index (χ1n) is 10.7. The minimum absolute atomic E-state index is 0.0154. The number of H-pyrrole nitrogens is 1. The van der Waals surface area contributed by atoms with E-state index in [0.29, 0.717) is 22.5 Å². The van der Waals surface area contributed by atoms with Gasteiger partial charge in [0.1, 0.15) is 5.69 Å². The number of nitrogens with one attached hydrogen (secondary N) is 3. The van der Waals surface area contributed by atoms with Crippen LogP contribution in [0.5, 0.6) is 0 Å². The molecule has 2 amide bonds. The van der Waals surface area contributed by atoms with Crippen LogP contribution in [-0.2, 0) is 6.18 Å². The molecule has 0 radical (unpaired) electrons. The molecule has 0 bridgehead atoms. The fraction of sp³-hybridized carbons (Fsp3) is 0.208. The summed E-state index contributed by atoms with van der Waals surface area (Å²) in [6.07, 6.45) is -3.18. The zero-order valence-electron chi connectivity index (χ0n) is 18.6. The molecule has 0 saturated carbocycles.